The molecule has 1 aromatic carbocycles. The van der Waals surface area contributed by atoms with Crippen LogP contribution in [-0.2, 0) is 0 Å². The van der Waals surface area contributed by atoms with Crippen LogP contribution >= 0.6 is 0 Å². The van der Waals surface area contributed by atoms with E-state index in [1.807, 2.05) is 6.92 Å². The first kappa shape index (κ1) is 15.6. The normalized spacial score (nSPS) is 16.4. The fraction of sp³-hybridized carbons (Fsp3) is 0.562. The van der Waals surface area contributed by atoms with Crippen molar-refractivity contribution in [3.05, 3.63) is 23.8 Å². The highest BCUT2D eigenvalue weighted by atomic mass is 16.5. The number of nitrogens with zero attached hydrogens (tertiary/aromatic N) is 1. The Kier molecular flexibility index (Phi) is 4.73. The number of likely N-dealkylation sites (N-methyl/N-ethyl adjacent to an activating group) is 1. The molecule has 0 heterocycles. The molecule has 5 heteroatoms. The van der Waals surface area contributed by atoms with Gasteiger partial charge in [-0.3, -0.25) is 4.79 Å². The van der Waals surface area contributed by atoms with E-state index in [9.17, 15) is 4.79 Å². The summed E-state index contributed by atoms with van der Waals surface area (Å²) in [6, 6.07) is 5.17. The standard InChI is InChI=1S/C16H25N3O2/c1-4-21-14-7-6-12(10-13(14)17)15(20)18-11-16(19(2)3)8-5-9-16/h6-7,10H,4-5,8-9,11,17H2,1-3H3,(H,18,20). The number of amides is 1. The van der Waals surface area contributed by atoms with Gasteiger partial charge in [0, 0.05) is 17.6 Å². The van der Waals surface area contributed by atoms with Crippen molar-refractivity contribution < 1.29 is 9.53 Å². The smallest absolute Gasteiger partial charge is 0.251 e. The van der Waals surface area contributed by atoms with Gasteiger partial charge >= 0.3 is 0 Å². The van der Waals surface area contributed by atoms with Crippen LogP contribution in [0.1, 0.15) is 36.5 Å². The number of hydrogen-bond acceptors (Lipinski definition) is 4. The molecule has 0 aromatic heterocycles. The number of carbonyl (C=O) groups is 1. The zero-order valence-electron chi connectivity index (χ0n) is 13.1. The second-order valence-electron chi connectivity index (χ2n) is 5.84. The highest BCUT2D eigenvalue weighted by Crippen LogP contribution is 2.35. The van der Waals surface area contributed by atoms with Gasteiger partial charge in [0.05, 0.1) is 12.3 Å². The summed E-state index contributed by atoms with van der Waals surface area (Å²) in [5, 5.41) is 3.02. The summed E-state index contributed by atoms with van der Waals surface area (Å²) in [6.45, 7) is 3.13. The summed E-state index contributed by atoms with van der Waals surface area (Å²) in [7, 11) is 4.14. The highest BCUT2D eigenvalue weighted by Gasteiger charge is 2.39. The van der Waals surface area contributed by atoms with Gasteiger partial charge in [-0.2, -0.15) is 0 Å². The Morgan fingerprint density at radius 2 is 2.14 bits per heavy atom. The molecule has 0 bridgehead atoms. The predicted molar refractivity (Wildman–Crippen MR) is 84.6 cm³/mol. The zero-order chi connectivity index (χ0) is 15.5. The molecule has 0 radical (unpaired) electrons. The second kappa shape index (κ2) is 6.35. The lowest BCUT2D eigenvalue weighted by Crippen LogP contribution is -2.57. The topological polar surface area (TPSA) is 67.6 Å². The van der Waals surface area contributed by atoms with Crippen molar-refractivity contribution in [2.45, 2.75) is 31.7 Å². The van der Waals surface area contributed by atoms with Gasteiger partial charge in [-0.15, -0.1) is 0 Å². The summed E-state index contributed by atoms with van der Waals surface area (Å²) in [5.41, 5.74) is 7.09. The fourth-order valence-electron chi connectivity index (χ4n) is 2.69. The van der Waals surface area contributed by atoms with Crippen LogP contribution in [0.3, 0.4) is 0 Å². The van der Waals surface area contributed by atoms with Crippen LogP contribution in [0.5, 0.6) is 5.75 Å². The van der Waals surface area contributed by atoms with Gasteiger partial charge in [-0.05, 0) is 58.5 Å². The van der Waals surface area contributed by atoms with E-state index in [1.165, 1.54) is 6.42 Å². The number of nitrogens with two attached hydrogens (primary N) is 1. The Labute approximate surface area is 126 Å². The summed E-state index contributed by atoms with van der Waals surface area (Å²) < 4.78 is 5.38. The van der Waals surface area contributed by atoms with Crippen LogP contribution in [0.2, 0.25) is 0 Å². The van der Waals surface area contributed by atoms with Crippen molar-refractivity contribution in [3.63, 3.8) is 0 Å². The molecule has 3 N–H and O–H groups in total. The van der Waals surface area contributed by atoms with Gasteiger partial charge in [-0.25, -0.2) is 0 Å². The van der Waals surface area contributed by atoms with Gasteiger partial charge in [0.25, 0.3) is 5.91 Å². The number of nitrogens with one attached hydrogen (secondary N) is 1. The van der Waals surface area contributed by atoms with Crippen molar-refractivity contribution in [1.82, 2.24) is 10.2 Å². The molecule has 1 aliphatic rings. The van der Waals surface area contributed by atoms with Crippen molar-refractivity contribution in [3.8, 4) is 5.75 Å². The Morgan fingerprint density at radius 3 is 2.62 bits per heavy atom. The number of anilines is 1. The molecule has 0 spiro atoms. The van der Waals surface area contributed by atoms with E-state index in [4.69, 9.17) is 10.5 Å². The summed E-state index contributed by atoms with van der Waals surface area (Å²) in [6.07, 6.45) is 3.49. The molecule has 1 saturated carbocycles. The summed E-state index contributed by atoms with van der Waals surface area (Å²) in [4.78, 5) is 14.5. The molecule has 21 heavy (non-hydrogen) atoms. The van der Waals surface area contributed by atoms with Crippen LogP contribution in [0.25, 0.3) is 0 Å². The van der Waals surface area contributed by atoms with E-state index in [-0.39, 0.29) is 11.4 Å². The van der Waals surface area contributed by atoms with Gasteiger partial charge in [-0.1, -0.05) is 0 Å². The fourth-order valence-corrected chi connectivity index (χ4v) is 2.69. The molecule has 5 nitrogen and oxygen atoms in total. The Morgan fingerprint density at radius 1 is 1.43 bits per heavy atom. The Balaban J connectivity index is 1.99. The minimum atomic E-state index is -0.0853. The molecular formula is C16H25N3O2. The Bertz CT molecular complexity index is 510. The number of hydrogen-bond donors (Lipinski definition) is 2. The van der Waals surface area contributed by atoms with Gasteiger partial charge in [0.1, 0.15) is 5.75 Å². The zero-order valence-corrected chi connectivity index (χ0v) is 13.1. The molecule has 0 atom stereocenters. The molecule has 1 aromatic rings. The molecule has 1 fully saturated rings. The van der Waals surface area contributed by atoms with Crippen molar-refractivity contribution >= 4 is 11.6 Å². The number of nitrogen functional groups attached to an aromatic ring is 1. The molecule has 1 aliphatic carbocycles. The molecule has 2 rings (SSSR count). The Hall–Kier alpha value is -1.75. The maximum atomic E-state index is 12.2. The molecule has 116 valence electrons. The van der Waals surface area contributed by atoms with Crippen molar-refractivity contribution in [2.24, 2.45) is 0 Å². The van der Waals surface area contributed by atoms with E-state index < -0.39 is 0 Å². The average Bonchev–Trinajstić information content (AvgIpc) is 2.39. The minimum absolute atomic E-state index is 0.0853. The maximum absolute atomic E-state index is 12.2. The number of ether oxygens (including phenoxy) is 1. The number of carbonyl (C=O) groups excluding carboxylic acids is 1. The van der Waals surface area contributed by atoms with Crippen LogP contribution in [0.15, 0.2) is 18.2 Å². The van der Waals surface area contributed by atoms with Crippen molar-refractivity contribution in [2.75, 3.05) is 33.0 Å². The van der Waals surface area contributed by atoms with Crippen LogP contribution < -0.4 is 15.8 Å². The lowest BCUT2D eigenvalue weighted by atomic mass is 9.75. The number of rotatable bonds is 6. The lowest BCUT2D eigenvalue weighted by molar-refractivity contribution is 0.0557. The van der Waals surface area contributed by atoms with Crippen LogP contribution in [0, 0.1) is 0 Å². The quantitative estimate of drug-likeness (QED) is 0.785. The molecule has 0 aliphatic heterocycles. The first-order valence-corrected chi connectivity index (χ1v) is 7.46. The third-order valence-electron chi connectivity index (χ3n) is 4.38. The third-order valence-corrected chi connectivity index (χ3v) is 4.38. The first-order valence-electron chi connectivity index (χ1n) is 7.46. The van der Waals surface area contributed by atoms with E-state index in [0.29, 0.717) is 30.2 Å². The van der Waals surface area contributed by atoms with E-state index in [1.54, 1.807) is 18.2 Å². The molecule has 0 unspecified atom stereocenters. The molecule has 1 amide bonds. The van der Waals surface area contributed by atoms with Gasteiger partial charge in [0.15, 0.2) is 0 Å². The average molecular weight is 291 g/mol. The molecular weight excluding hydrogens is 266 g/mol. The van der Waals surface area contributed by atoms with E-state index in [0.717, 1.165) is 12.8 Å². The van der Waals surface area contributed by atoms with E-state index in [2.05, 4.69) is 24.3 Å². The van der Waals surface area contributed by atoms with Crippen LogP contribution in [-0.4, -0.2) is 43.6 Å². The minimum Gasteiger partial charge on any atom is -0.492 e. The number of benzene rings is 1. The van der Waals surface area contributed by atoms with Gasteiger partial charge < -0.3 is 20.7 Å². The summed E-state index contributed by atoms with van der Waals surface area (Å²) in [5.74, 6) is 0.538. The van der Waals surface area contributed by atoms with Gasteiger partial charge in [0.2, 0.25) is 0 Å². The second-order valence-corrected chi connectivity index (χ2v) is 5.84. The maximum Gasteiger partial charge on any atom is 0.251 e. The molecule has 0 saturated heterocycles. The van der Waals surface area contributed by atoms with Crippen molar-refractivity contribution in [1.29, 1.82) is 0 Å². The van der Waals surface area contributed by atoms with Crippen LogP contribution in [0.4, 0.5) is 5.69 Å². The first-order chi connectivity index (χ1) is 9.98. The lowest BCUT2D eigenvalue weighted by Gasteiger charge is -2.47. The third kappa shape index (κ3) is 3.29. The summed E-state index contributed by atoms with van der Waals surface area (Å²) >= 11 is 0. The SMILES string of the molecule is CCOc1ccc(C(=O)NCC2(N(C)C)CCC2)cc1N. The largest absolute Gasteiger partial charge is 0.492 e. The highest BCUT2D eigenvalue weighted by molar-refractivity contribution is 5.95. The predicted octanol–water partition coefficient (Wildman–Crippen LogP) is 1.88. The van der Waals surface area contributed by atoms with E-state index >= 15 is 0 Å². The monoisotopic (exact) mass is 291 g/mol.